The summed E-state index contributed by atoms with van der Waals surface area (Å²) in [7, 11) is 1.71. The van der Waals surface area contributed by atoms with Crippen LogP contribution >= 0.6 is 0 Å². The van der Waals surface area contributed by atoms with E-state index >= 15 is 0 Å². The van der Waals surface area contributed by atoms with Crippen molar-refractivity contribution in [3.05, 3.63) is 77.9 Å². The second kappa shape index (κ2) is 14.0. The Morgan fingerprint density at radius 1 is 1.07 bits per heavy atom. The van der Waals surface area contributed by atoms with Gasteiger partial charge in [-0.25, -0.2) is 15.3 Å². The van der Waals surface area contributed by atoms with Gasteiger partial charge in [0.25, 0.3) is 0 Å². The second-order valence-electron chi connectivity index (χ2n) is 13.6. The third-order valence-electron chi connectivity index (χ3n) is 8.84. The minimum Gasteiger partial charge on any atom is -0.490 e. The van der Waals surface area contributed by atoms with Gasteiger partial charge in [0.05, 0.1) is 29.1 Å². The van der Waals surface area contributed by atoms with Crippen molar-refractivity contribution in [2.24, 2.45) is 28.8 Å². The molecule has 46 heavy (non-hydrogen) atoms. The molecule has 3 atom stereocenters. The standard InChI is InChI=1S/C36H47N5O5/c1-23(24-11-7-6-8-12-24)46-28-16-10-14-26(18-28)25-13-9-15-27(17-25)41-33(30-19-29(30)32(37)21-40(5)38)31(20-39-41)34(42)44-22-45-35(43)36(2,3)4/h9-10,13-18,20-21,23-24,29-30H,6-8,11-12,19,22,37-38H2,1-5H3/b32-21-/t23?,29?,30-/m1/s1. The van der Waals surface area contributed by atoms with E-state index in [2.05, 4.69) is 24.2 Å². The van der Waals surface area contributed by atoms with Gasteiger partial charge in [0, 0.05) is 30.8 Å². The van der Waals surface area contributed by atoms with Crippen LogP contribution in [0.3, 0.4) is 0 Å². The van der Waals surface area contributed by atoms with E-state index in [9.17, 15) is 9.59 Å². The lowest BCUT2D eigenvalue weighted by molar-refractivity contribution is -0.161. The van der Waals surface area contributed by atoms with Crippen molar-refractivity contribution in [2.75, 3.05) is 13.8 Å². The molecular weight excluding hydrogens is 582 g/mol. The van der Waals surface area contributed by atoms with Gasteiger partial charge < -0.3 is 25.0 Å². The fraction of sp³-hybridized carbons (Fsp3) is 0.472. The van der Waals surface area contributed by atoms with E-state index in [0.717, 1.165) is 29.0 Å². The van der Waals surface area contributed by atoms with Crippen LogP contribution in [0, 0.1) is 17.3 Å². The number of allylic oxidation sites excluding steroid dienone is 1. The fourth-order valence-electron chi connectivity index (χ4n) is 6.19. The highest BCUT2D eigenvalue weighted by Gasteiger charge is 2.45. The molecule has 3 aromatic rings. The Morgan fingerprint density at radius 3 is 2.46 bits per heavy atom. The van der Waals surface area contributed by atoms with Crippen LogP contribution in [0.2, 0.25) is 0 Å². The van der Waals surface area contributed by atoms with E-state index in [1.54, 1.807) is 38.7 Å². The molecular formula is C36H47N5O5. The SMILES string of the molecule is CC(Oc1cccc(-c2cccc(-n3ncc(C(=O)OCOC(=O)C(C)(C)C)c3[C@@H]3CC3/C(N)=C/N(C)N)c2)c1)C1CCCCC1. The van der Waals surface area contributed by atoms with Crippen LogP contribution in [0.4, 0.5) is 0 Å². The molecule has 0 aliphatic heterocycles. The Hall–Kier alpha value is -4.31. The van der Waals surface area contributed by atoms with Crippen LogP contribution in [-0.2, 0) is 14.3 Å². The maximum atomic E-state index is 13.3. The molecule has 4 N–H and O–H groups in total. The smallest absolute Gasteiger partial charge is 0.344 e. The Morgan fingerprint density at radius 2 is 1.76 bits per heavy atom. The van der Waals surface area contributed by atoms with Gasteiger partial charge in [0.15, 0.2) is 0 Å². The van der Waals surface area contributed by atoms with E-state index in [-0.39, 0.29) is 17.9 Å². The van der Waals surface area contributed by atoms with Crippen molar-refractivity contribution in [3.63, 3.8) is 0 Å². The first-order chi connectivity index (χ1) is 21.9. The normalized spacial score (nSPS) is 19.3. The summed E-state index contributed by atoms with van der Waals surface area (Å²) < 4.78 is 18.7. The van der Waals surface area contributed by atoms with Crippen molar-refractivity contribution < 1.29 is 23.8 Å². The molecule has 0 radical (unpaired) electrons. The topological polar surface area (TPSA) is 135 Å². The number of hydrogen-bond donors (Lipinski definition) is 2. The molecule has 2 unspecified atom stereocenters. The van der Waals surface area contributed by atoms with Crippen molar-refractivity contribution in [2.45, 2.75) is 78.2 Å². The van der Waals surface area contributed by atoms with Gasteiger partial charge in [0.1, 0.15) is 11.3 Å². The minimum absolute atomic E-state index is 0.0186. The molecule has 5 rings (SSSR count). The second-order valence-corrected chi connectivity index (χ2v) is 13.6. The maximum absolute atomic E-state index is 13.3. The van der Waals surface area contributed by atoms with Gasteiger partial charge in [-0.15, -0.1) is 0 Å². The molecule has 2 fully saturated rings. The summed E-state index contributed by atoms with van der Waals surface area (Å²) in [5.74, 6) is 6.07. The molecule has 0 saturated heterocycles. The molecule has 1 heterocycles. The molecule has 246 valence electrons. The van der Waals surface area contributed by atoms with Crippen LogP contribution in [0.5, 0.6) is 5.75 Å². The molecule has 10 heteroatoms. The van der Waals surface area contributed by atoms with Crippen LogP contribution in [0.1, 0.15) is 88.2 Å². The van der Waals surface area contributed by atoms with Crippen LogP contribution < -0.4 is 16.3 Å². The highest BCUT2D eigenvalue weighted by Crippen LogP contribution is 2.52. The minimum atomic E-state index is -0.714. The van der Waals surface area contributed by atoms with E-state index < -0.39 is 24.1 Å². The summed E-state index contributed by atoms with van der Waals surface area (Å²) in [6.45, 7) is 6.90. The highest BCUT2D eigenvalue weighted by molar-refractivity contribution is 5.91. The number of hydrogen-bond acceptors (Lipinski definition) is 9. The average molecular weight is 630 g/mol. The third kappa shape index (κ3) is 7.91. The fourth-order valence-corrected chi connectivity index (χ4v) is 6.19. The van der Waals surface area contributed by atoms with Gasteiger partial charge in [0.2, 0.25) is 6.79 Å². The van der Waals surface area contributed by atoms with Gasteiger partial charge in [-0.2, -0.15) is 5.10 Å². The lowest BCUT2D eigenvalue weighted by atomic mass is 9.86. The molecule has 0 bridgehead atoms. The van der Waals surface area contributed by atoms with E-state index in [0.29, 0.717) is 22.9 Å². The number of carbonyl (C=O) groups excluding carboxylic acids is 2. The maximum Gasteiger partial charge on any atom is 0.344 e. The van der Waals surface area contributed by atoms with Crippen molar-refractivity contribution in [3.8, 4) is 22.6 Å². The average Bonchev–Trinajstić information content (AvgIpc) is 3.70. The number of aromatic nitrogens is 2. The van der Waals surface area contributed by atoms with Gasteiger partial charge in [-0.05, 0) is 88.3 Å². The summed E-state index contributed by atoms with van der Waals surface area (Å²) in [6.07, 6.45) is 10.4. The summed E-state index contributed by atoms with van der Waals surface area (Å²) in [5.41, 5.74) is 10.1. The molecule has 2 aliphatic rings. The zero-order valence-electron chi connectivity index (χ0n) is 27.6. The quantitative estimate of drug-likeness (QED) is 0.108. The summed E-state index contributed by atoms with van der Waals surface area (Å²) in [5, 5.41) is 6.05. The largest absolute Gasteiger partial charge is 0.490 e. The number of benzene rings is 2. The first-order valence-electron chi connectivity index (χ1n) is 16.2. The molecule has 1 aromatic heterocycles. The predicted octanol–water partition coefficient (Wildman–Crippen LogP) is 6.30. The number of nitrogens with two attached hydrogens (primary N) is 2. The highest BCUT2D eigenvalue weighted by atomic mass is 16.7. The number of nitrogens with zero attached hydrogens (tertiary/aromatic N) is 3. The lowest BCUT2D eigenvalue weighted by Gasteiger charge is -2.28. The number of carbonyl (C=O) groups is 2. The molecule has 0 amide bonds. The monoisotopic (exact) mass is 629 g/mol. The number of rotatable bonds is 11. The predicted molar refractivity (Wildman–Crippen MR) is 177 cm³/mol. The molecule has 2 aliphatic carbocycles. The Labute approximate surface area is 271 Å². The van der Waals surface area contributed by atoms with E-state index in [1.807, 2.05) is 36.4 Å². The van der Waals surface area contributed by atoms with Crippen LogP contribution in [-0.4, -0.2) is 46.7 Å². The molecule has 10 nitrogen and oxygen atoms in total. The third-order valence-corrected chi connectivity index (χ3v) is 8.84. The first-order valence-corrected chi connectivity index (χ1v) is 16.2. The van der Waals surface area contributed by atoms with Gasteiger partial charge >= 0.3 is 11.9 Å². The zero-order valence-corrected chi connectivity index (χ0v) is 27.6. The van der Waals surface area contributed by atoms with Gasteiger partial charge in [-0.3, -0.25) is 4.79 Å². The number of ether oxygens (including phenoxy) is 3. The van der Waals surface area contributed by atoms with Crippen LogP contribution in [0.25, 0.3) is 16.8 Å². The lowest BCUT2D eigenvalue weighted by Crippen LogP contribution is -2.25. The summed E-state index contributed by atoms with van der Waals surface area (Å²) >= 11 is 0. The Balaban J connectivity index is 1.41. The van der Waals surface area contributed by atoms with Gasteiger partial charge in [-0.1, -0.05) is 43.5 Å². The Kier molecular flexibility index (Phi) is 10.1. The van der Waals surface area contributed by atoms with E-state index in [4.69, 9.17) is 25.8 Å². The summed E-state index contributed by atoms with van der Waals surface area (Å²) in [6, 6.07) is 16.2. The van der Waals surface area contributed by atoms with Crippen LogP contribution in [0.15, 0.2) is 66.6 Å². The molecule has 2 aromatic carbocycles. The van der Waals surface area contributed by atoms with E-state index in [1.165, 1.54) is 43.3 Å². The molecule has 0 spiro atoms. The van der Waals surface area contributed by atoms with Crippen molar-refractivity contribution in [1.82, 2.24) is 14.8 Å². The number of hydrazine groups is 1. The zero-order chi connectivity index (χ0) is 33.0. The van der Waals surface area contributed by atoms with Crippen molar-refractivity contribution in [1.29, 1.82) is 0 Å². The molecule has 2 saturated carbocycles. The Bertz CT molecular complexity index is 1570. The number of esters is 2. The first kappa shape index (κ1) is 33.1. The summed E-state index contributed by atoms with van der Waals surface area (Å²) in [4.78, 5) is 25.5. The van der Waals surface area contributed by atoms with Crippen molar-refractivity contribution >= 4 is 11.9 Å².